The minimum Gasteiger partial charge on any atom is -0.386 e. The Morgan fingerprint density at radius 1 is 1.78 bits per heavy atom. The molecule has 0 aromatic rings. The average molecular weight is 144 g/mol. The fraction of sp³-hybridized carbons (Fsp3) is 0.714. The van der Waals surface area contributed by atoms with Crippen LogP contribution in [0.15, 0.2) is 12.7 Å². The summed E-state index contributed by atoms with van der Waals surface area (Å²) in [5.41, 5.74) is 0. The lowest BCUT2D eigenvalue weighted by molar-refractivity contribution is 0.144. The molecule has 0 aromatic heterocycles. The Labute approximate surface area is 60.5 Å². The van der Waals surface area contributed by atoms with E-state index in [1.807, 2.05) is 6.08 Å². The second-order valence-electron chi connectivity index (χ2n) is 2.29. The molecule has 0 saturated carbocycles. The van der Waals surface area contributed by atoms with Gasteiger partial charge in [0.25, 0.3) is 0 Å². The molecule has 1 unspecified atom stereocenters. The molecular formula is C7H16OSi. The van der Waals surface area contributed by atoms with Gasteiger partial charge in [0, 0.05) is 23.1 Å². The van der Waals surface area contributed by atoms with Gasteiger partial charge in [-0.25, -0.2) is 0 Å². The maximum atomic E-state index is 5.26. The van der Waals surface area contributed by atoms with Gasteiger partial charge in [-0.1, -0.05) is 13.0 Å². The molecule has 0 saturated heterocycles. The standard InChI is InChI=1S/C7H16OSi/c1-3-4-7(2)5-8-6-9/h3,7H,1,4-6H2,2,9H3. The lowest BCUT2D eigenvalue weighted by atomic mass is 10.1. The van der Waals surface area contributed by atoms with Crippen LogP contribution in [-0.2, 0) is 4.74 Å². The molecule has 0 heterocycles. The van der Waals surface area contributed by atoms with Crippen molar-refractivity contribution >= 4 is 10.2 Å². The van der Waals surface area contributed by atoms with E-state index in [-0.39, 0.29) is 0 Å². The highest BCUT2D eigenvalue weighted by molar-refractivity contribution is 6.08. The third-order valence-electron chi connectivity index (χ3n) is 1.18. The molecule has 9 heavy (non-hydrogen) atoms. The Hall–Kier alpha value is -0.0831. The lowest BCUT2D eigenvalue weighted by Gasteiger charge is -2.06. The van der Waals surface area contributed by atoms with Crippen molar-refractivity contribution in [3.05, 3.63) is 12.7 Å². The lowest BCUT2D eigenvalue weighted by Crippen LogP contribution is -2.05. The SMILES string of the molecule is C=CCC(C)COC[SiH3]. The quantitative estimate of drug-likeness (QED) is 0.404. The summed E-state index contributed by atoms with van der Waals surface area (Å²) in [7, 11) is 1.15. The van der Waals surface area contributed by atoms with Crippen molar-refractivity contribution in [2.45, 2.75) is 13.3 Å². The molecule has 0 spiro atoms. The van der Waals surface area contributed by atoms with Crippen LogP contribution in [0.5, 0.6) is 0 Å². The van der Waals surface area contributed by atoms with Crippen LogP contribution in [0, 0.1) is 5.92 Å². The van der Waals surface area contributed by atoms with E-state index in [2.05, 4.69) is 13.5 Å². The highest BCUT2D eigenvalue weighted by Crippen LogP contribution is 2.01. The van der Waals surface area contributed by atoms with Crippen molar-refractivity contribution < 1.29 is 4.74 Å². The van der Waals surface area contributed by atoms with Gasteiger partial charge < -0.3 is 4.74 Å². The van der Waals surface area contributed by atoms with Gasteiger partial charge in [0.05, 0.1) is 0 Å². The van der Waals surface area contributed by atoms with Crippen LogP contribution >= 0.6 is 0 Å². The average Bonchev–Trinajstić information content (AvgIpc) is 1.85. The van der Waals surface area contributed by atoms with Gasteiger partial charge in [0.2, 0.25) is 0 Å². The zero-order valence-corrected chi connectivity index (χ0v) is 8.39. The summed E-state index contributed by atoms with van der Waals surface area (Å²) in [5, 5.41) is 0. The largest absolute Gasteiger partial charge is 0.386 e. The van der Waals surface area contributed by atoms with Crippen molar-refractivity contribution in [3.8, 4) is 0 Å². The van der Waals surface area contributed by atoms with Crippen LogP contribution in [0.1, 0.15) is 13.3 Å². The summed E-state index contributed by atoms with van der Waals surface area (Å²) in [6.45, 7) is 6.74. The van der Waals surface area contributed by atoms with E-state index in [4.69, 9.17) is 4.74 Å². The molecule has 1 atom stereocenters. The van der Waals surface area contributed by atoms with E-state index in [1.165, 1.54) is 0 Å². The summed E-state index contributed by atoms with van der Waals surface area (Å²) in [5.74, 6) is 0.649. The normalized spacial score (nSPS) is 13.4. The molecule has 0 aliphatic rings. The zero-order chi connectivity index (χ0) is 7.11. The predicted octanol–water partition coefficient (Wildman–Crippen LogP) is 0.538. The van der Waals surface area contributed by atoms with Crippen molar-refractivity contribution in [2.24, 2.45) is 5.92 Å². The highest BCUT2D eigenvalue weighted by Gasteiger charge is 1.96. The molecule has 0 N–H and O–H groups in total. The van der Waals surface area contributed by atoms with Crippen LogP contribution in [-0.4, -0.2) is 23.1 Å². The number of ether oxygens (including phenoxy) is 1. The molecule has 0 rings (SSSR count). The van der Waals surface area contributed by atoms with Gasteiger partial charge in [-0.05, 0) is 12.3 Å². The number of rotatable bonds is 5. The second kappa shape index (κ2) is 6.04. The van der Waals surface area contributed by atoms with Crippen molar-refractivity contribution in [1.82, 2.24) is 0 Å². The van der Waals surface area contributed by atoms with Gasteiger partial charge in [-0.3, -0.25) is 0 Å². The summed E-state index contributed by atoms with van der Waals surface area (Å²) >= 11 is 0. The van der Waals surface area contributed by atoms with Gasteiger partial charge >= 0.3 is 0 Å². The monoisotopic (exact) mass is 144 g/mol. The summed E-state index contributed by atoms with van der Waals surface area (Å²) in [6.07, 6.45) is 3.98. The zero-order valence-electron chi connectivity index (χ0n) is 6.39. The van der Waals surface area contributed by atoms with Crippen molar-refractivity contribution in [1.29, 1.82) is 0 Å². The summed E-state index contributed by atoms with van der Waals surface area (Å²) in [6, 6.07) is 0. The third-order valence-corrected chi connectivity index (χ3v) is 1.58. The van der Waals surface area contributed by atoms with E-state index in [9.17, 15) is 0 Å². The Kier molecular flexibility index (Phi) is 5.99. The van der Waals surface area contributed by atoms with Crippen molar-refractivity contribution in [3.63, 3.8) is 0 Å². The van der Waals surface area contributed by atoms with Crippen LogP contribution in [0.25, 0.3) is 0 Å². The van der Waals surface area contributed by atoms with Gasteiger partial charge in [-0.15, -0.1) is 6.58 Å². The molecule has 0 radical (unpaired) electrons. The molecule has 0 aromatic carbocycles. The Morgan fingerprint density at radius 3 is 2.89 bits per heavy atom. The first-order chi connectivity index (χ1) is 4.31. The van der Waals surface area contributed by atoms with Crippen LogP contribution in [0.4, 0.5) is 0 Å². The summed E-state index contributed by atoms with van der Waals surface area (Å²) < 4.78 is 5.26. The molecule has 0 aliphatic heterocycles. The molecule has 2 heteroatoms. The van der Waals surface area contributed by atoms with Crippen molar-refractivity contribution in [2.75, 3.05) is 12.8 Å². The van der Waals surface area contributed by atoms with E-state index in [0.29, 0.717) is 5.92 Å². The topological polar surface area (TPSA) is 9.23 Å². The molecule has 54 valence electrons. The minimum absolute atomic E-state index is 0.649. The number of hydrogen-bond acceptors (Lipinski definition) is 1. The predicted molar refractivity (Wildman–Crippen MR) is 44.7 cm³/mol. The molecule has 1 nitrogen and oxygen atoms in total. The van der Waals surface area contributed by atoms with Gasteiger partial charge in [0.1, 0.15) is 0 Å². The molecular weight excluding hydrogens is 128 g/mol. The van der Waals surface area contributed by atoms with Gasteiger partial charge in [-0.2, -0.15) is 0 Å². The first kappa shape index (κ1) is 8.92. The first-order valence-corrected chi connectivity index (χ1v) is 4.91. The number of allylic oxidation sites excluding steroid dienone is 1. The molecule has 0 aliphatic carbocycles. The van der Waals surface area contributed by atoms with Crippen LogP contribution in [0.3, 0.4) is 0 Å². The maximum Gasteiger partial charge on any atom is 0.0489 e. The third kappa shape index (κ3) is 5.79. The fourth-order valence-electron chi connectivity index (χ4n) is 0.672. The van der Waals surface area contributed by atoms with E-state index < -0.39 is 0 Å². The Morgan fingerprint density at radius 2 is 2.44 bits per heavy atom. The van der Waals surface area contributed by atoms with Crippen LogP contribution < -0.4 is 0 Å². The Balaban J connectivity index is 3.04. The van der Waals surface area contributed by atoms with Crippen LogP contribution in [0.2, 0.25) is 0 Å². The van der Waals surface area contributed by atoms with Gasteiger partial charge in [0.15, 0.2) is 0 Å². The number of hydrogen-bond donors (Lipinski definition) is 0. The van der Waals surface area contributed by atoms with E-state index in [1.54, 1.807) is 0 Å². The second-order valence-corrected chi connectivity index (χ2v) is 2.87. The Bertz CT molecular complexity index is 73.3. The molecule has 0 amide bonds. The fourth-order valence-corrected chi connectivity index (χ4v) is 0.907. The smallest absolute Gasteiger partial charge is 0.0489 e. The van der Waals surface area contributed by atoms with E-state index >= 15 is 0 Å². The molecule has 0 fully saturated rings. The molecule has 0 bridgehead atoms. The first-order valence-electron chi connectivity index (χ1n) is 3.49. The summed E-state index contributed by atoms with van der Waals surface area (Å²) in [4.78, 5) is 0. The minimum atomic E-state index is 0.649. The highest BCUT2D eigenvalue weighted by atomic mass is 28.1. The maximum absolute atomic E-state index is 5.26. The van der Waals surface area contributed by atoms with E-state index in [0.717, 1.165) is 29.5 Å².